The van der Waals surface area contributed by atoms with Gasteiger partial charge < -0.3 is 10.6 Å². The molecule has 0 unspecified atom stereocenters. The van der Waals surface area contributed by atoms with Gasteiger partial charge in [0.2, 0.25) is 0 Å². The van der Waals surface area contributed by atoms with Gasteiger partial charge in [-0.05, 0) is 37.3 Å². The fraction of sp³-hybridized carbons (Fsp3) is 0.412. The average Bonchev–Trinajstić information content (AvgIpc) is 2.83. The molecule has 7 heteroatoms. The molecule has 1 fully saturated rings. The summed E-state index contributed by atoms with van der Waals surface area (Å²) < 4.78 is 26.5. The van der Waals surface area contributed by atoms with Gasteiger partial charge in [-0.2, -0.15) is 0 Å². The maximum Gasteiger partial charge on any atom is 0.271 e. The average molecular weight is 351 g/mol. The molecule has 1 aliphatic carbocycles. The number of aryl methyl sites for hydroxylation is 1. The van der Waals surface area contributed by atoms with Crippen molar-refractivity contribution >= 4 is 28.1 Å². The quantitative estimate of drug-likeness (QED) is 0.859. The molecule has 0 radical (unpaired) electrons. The lowest BCUT2D eigenvalue weighted by molar-refractivity contribution is 0.0728. The second kappa shape index (κ2) is 6.12. The van der Waals surface area contributed by atoms with Gasteiger partial charge in [-0.3, -0.25) is 4.79 Å². The van der Waals surface area contributed by atoms with E-state index in [1.807, 2.05) is 0 Å². The number of carbonyl (C=O) groups is 1. The Morgan fingerprint density at radius 1 is 1.29 bits per heavy atom. The van der Waals surface area contributed by atoms with Crippen molar-refractivity contribution in [2.24, 2.45) is 5.41 Å². The molecule has 24 heavy (non-hydrogen) atoms. The van der Waals surface area contributed by atoms with E-state index in [0.29, 0.717) is 10.8 Å². The van der Waals surface area contributed by atoms with Crippen LogP contribution in [-0.4, -0.2) is 16.9 Å². The Morgan fingerprint density at radius 3 is 2.50 bits per heavy atom. The van der Waals surface area contributed by atoms with E-state index in [4.69, 9.17) is 0 Å². The van der Waals surface area contributed by atoms with Crippen LogP contribution in [0, 0.1) is 24.0 Å². The van der Waals surface area contributed by atoms with Crippen LogP contribution in [0.15, 0.2) is 18.2 Å². The molecule has 128 valence electrons. The number of benzene rings is 1. The lowest BCUT2D eigenvalue weighted by atomic mass is 9.67. The summed E-state index contributed by atoms with van der Waals surface area (Å²) in [5, 5.41) is 6.29. The van der Waals surface area contributed by atoms with Crippen LogP contribution in [0.5, 0.6) is 0 Å². The predicted molar refractivity (Wildman–Crippen MR) is 90.8 cm³/mol. The van der Waals surface area contributed by atoms with Crippen molar-refractivity contribution < 1.29 is 13.6 Å². The maximum absolute atomic E-state index is 13.2. The number of nitrogens with one attached hydrogen (secondary N) is 2. The standard InChI is InChI=1S/C17H19F2N3OS/c1-9-14(15(23)21-13-4-5-17(13,2)3)22-16(24-9)20-12-7-10(18)6-11(19)8-12/h6-8,13H,4-5H2,1-3H3,(H,20,22)(H,21,23)/t13-/m0/s1. The lowest BCUT2D eigenvalue weighted by Gasteiger charge is -2.44. The number of amides is 1. The molecule has 1 aliphatic rings. The van der Waals surface area contributed by atoms with Crippen LogP contribution in [0.2, 0.25) is 0 Å². The molecule has 0 bridgehead atoms. The molecule has 1 amide bonds. The first kappa shape index (κ1) is 16.8. The lowest BCUT2D eigenvalue weighted by Crippen LogP contribution is -2.52. The summed E-state index contributed by atoms with van der Waals surface area (Å²) in [6.07, 6.45) is 2.06. The van der Waals surface area contributed by atoms with Crippen LogP contribution >= 0.6 is 11.3 Å². The van der Waals surface area contributed by atoms with Crippen LogP contribution in [-0.2, 0) is 0 Å². The molecule has 0 spiro atoms. The van der Waals surface area contributed by atoms with Gasteiger partial charge in [-0.25, -0.2) is 13.8 Å². The second-order valence-corrected chi connectivity index (χ2v) is 7.96. The Hall–Kier alpha value is -2.02. The normalized spacial score (nSPS) is 18.8. The van der Waals surface area contributed by atoms with E-state index in [1.165, 1.54) is 23.5 Å². The first-order valence-electron chi connectivity index (χ1n) is 7.76. The topological polar surface area (TPSA) is 54.0 Å². The van der Waals surface area contributed by atoms with Gasteiger partial charge >= 0.3 is 0 Å². The first-order chi connectivity index (χ1) is 11.2. The van der Waals surface area contributed by atoms with Gasteiger partial charge in [0.15, 0.2) is 5.13 Å². The summed E-state index contributed by atoms with van der Waals surface area (Å²) in [5.41, 5.74) is 0.718. The third-order valence-corrected chi connectivity index (χ3v) is 5.34. The Kier molecular flexibility index (Phi) is 4.29. The van der Waals surface area contributed by atoms with Gasteiger partial charge in [0.05, 0.1) is 0 Å². The highest BCUT2D eigenvalue weighted by molar-refractivity contribution is 7.15. The van der Waals surface area contributed by atoms with Gasteiger partial charge in [-0.15, -0.1) is 11.3 Å². The minimum Gasteiger partial charge on any atom is -0.347 e. The van der Waals surface area contributed by atoms with E-state index in [-0.39, 0.29) is 23.1 Å². The summed E-state index contributed by atoms with van der Waals surface area (Å²) in [5.74, 6) is -1.55. The van der Waals surface area contributed by atoms with Crippen LogP contribution in [0.1, 0.15) is 42.1 Å². The SMILES string of the molecule is Cc1sc(Nc2cc(F)cc(F)c2)nc1C(=O)N[C@H]1CCC1(C)C. The van der Waals surface area contributed by atoms with E-state index < -0.39 is 11.6 Å². The highest BCUT2D eigenvalue weighted by Gasteiger charge is 2.39. The number of aromatic nitrogens is 1. The number of hydrogen-bond acceptors (Lipinski definition) is 4. The predicted octanol–water partition coefficient (Wildman–Crippen LogP) is 4.39. The molecule has 0 aliphatic heterocycles. The Morgan fingerprint density at radius 2 is 1.96 bits per heavy atom. The van der Waals surface area contributed by atoms with Crippen LogP contribution in [0.4, 0.5) is 19.6 Å². The van der Waals surface area contributed by atoms with E-state index in [9.17, 15) is 13.6 Å². The molecular formula is C17H19F2N3OS. The Bertz CT molecular complexity index is 768. The minimum atomic E-state index is -0.670. The third-order valence-electron chi connectivity index (χ3n) is 4.45. The van der Waals surface area contributed by atoms with E-state index in [1.54, 1.807) is 6.92 Å². The number of carbonyl (C=O) groups excluding carboxylic acids is 1. The fourth-order valence-corrected chi connectivity index (χ4v) is 3.60. The highest BCUT2D eigenvalue weighted by Crippen LogP contribution is 2.40. The van der Waals surface area contributed by atoms with Crippen molar-refractivity contribution in [1.82, 2.24) is 10.3 Å². The van der Waals surface area contributed by atoms with E-state index in [2.05, 4.69) is 29.5 Å². The molecule has 4 nitrogen and oxygen atoms in total. The highest BCUT2D eigenvalue weighted by atomic mass is 32.1. The minimum absolute atomic E-state index is 0.111. The molecule has 2 aromatic rings. The number of anilines is 2. The third kappa shape index (κ3) is 3.40. The van der Waals surface area contributed by atoms with Gasteiger partial charge in [-0.1, -0.05) is 13.8 Å². The maximum atomic E-state index is 13.2. The molecule has 1 heterocycles. The largest absolute Gasteiger partial charge is 0.347 e. The number of hydrogen-bond donors (Lipinski definition) is 2. The Balaban J connectivity index is 1.74. The molecule has 2 N–H and O–H groups in total. The van der Waals surface area contributed by atoms with Crippen LogP contribution in [0.25, 0.3) is 0 Å². The van der Waals surface area contributed by atoms with E-state index >= 15 is 0 Å². The molecule has 1 aromatic heterocycles. The molecule has 1 aromatic carbocycles. The summed E-state index contributed by atoms with van der Waals surface area (Å²) in [7, 11) is 0. The zero-order valence-electron chi connectivity index (χ0n) is 13.7. The number of nitrogens with zero attached hydrogens (tertiary/aromatic N) is 1. The van der Waals surface area contributed by atoms with Crippen molar-refractivity contribution in [3.63, 3.8) is 0 Å². The van der Waals surface area contributed by atoms with Crippen molar-refractivity contribution in [2.75, 3.05) is 5.32 Å². The monoisotopic (exact) mass is 351 g/mol. The zero-order valence-corrected chi connectivity index (χ0v) is 14.6. The van der Waals surface area contributed by atoms with Gasteiger partial charge in [0.1, 0.15) is 17.3 Å². The molecule has 0 saturated heterocycles. The van der Waals surface area contributed by atoms with Crippen LogP contribution < -0.4 is 10.6 Å². The van der Waals surface area contributed by atoms with Gasteiger partial charge in [0, 0.05) is 22.7 Å². The number of rotatable bonds is 4. The summed E-state index contributed by atoms with van der Waals surface area (Å²) in [6.45, 7) is 6.05. The molecule has 3 rings (SSSR count). The molecule has 1 saturated carbocycles. The number of thiazole rings is 1. The summed E-state index contributed by atoms with van der Waals surface area (Å²) in [6, 6.07) is 3.31. The number of halogens is 2. The first-order valence-corrected chi connectivity index (χ1v) is 8.58. The molecular weight excluding hydrogens is 332 g/mol. The Labute approximate surface area is 143 Å². The second-order valence-electron chi connectivity index (χ2n) is 6.76. The molecule has 1 atom stereocenters. The van der Waals surface area contributed by atoms with Crippen molar-refractivity contribution in [2.45, 2.75) is 39.7 Å². The van der Waals surface area contributed by atoms with Crippen molar-refractivity contribution in [3.8, 4) is 0 Å². The van der Waals surface area contributed by atoms with Crippen LogP contribution in [0.3, 0.4) is 0 Å². The van der Waals surface area contributed by atoms with Crippen molar-refractivity contribution in [1.29, 1.82) is 0 Å². The van der Waals surface area contributed by atoms with E-state index in [0.717, 1.165) is 23.8 Å². The zero-order chi connectivity index (χ0) is 17.5. The van der Waals surface area contributed by atoms with Gasteiger partial charge in [0.25, 0.3) is 5.91 Å². The fourth-order valence-electron chi connectivity index (χ4n) is 2.77. The van der Waals surface area contributed by atoms with Crippen molar-refractivity contribution in [3.05, 3.63) is 40.4 Å². The summed E-state index contributed by atoms with van der Waals surface area (Å²) in [4.78, 5) is 17.4. The summed E-state index contributed by atoms with van der Waals surface area (Å²) >= 11 is 1.27. The smallest absolute Gasteiger partial charge is 0.271 e.